The van der Waals surface area contributed by atoms with Gasteiger partial charge >= 0.3 is 0 Å². The van der Waals surface area contributed by atoms with E-state index in [-0.39, 0.29) is 35.4 Å². The predicted octanol–water partition coefficient (Wildman–Crippen LogP) is 2.02. The second-order valence-electron chi connectivity index (χ2n) is 9.40. The molecule has 2 aromatic rings. The Balaban J connectivity index is 1.28. The van der Waals surface area contributed by atoms with Gasteiger partial charge < -0.3 is 10.2 Å². The summed E-state index contributed by atoms with van der Waals surface area (Å²) in [5.74, 6) is -0.259. The molecule has 0 radical (unpaired) electrons. The molecule has 2 heterocycles. The molecular formula is C26H33N5O3S. The molecule has 2 aromatic carbocycles. The van der Waals surface area contributed by atoms with Crippen molar-refractivity contribution in [1.29, 1.82) is 5.26 Å². The number of nitrogens with zero attached hydrogens (tertiary/aromatic N) is 4. The van der Waals surface area contributed by atoms with E-state index in [0.29, 0.717) is 19.4 Å². The third kappa shape index (κ3) is 6.27. The molecule has 8 nitrogen and oxygen atoms in total. The molecule has 35 heavy (non-hydrogen) atoms. The van der Waals surface area contributed by atoms with E-state index in [0.717, 1.165) is 38.3 Å². The zero-order valence-electron chi connectivity index (χ0n) is 20.2. The molecule has 2 saturated heterocycles. The van der Waals surface area contributed by atoms with Crippen molar-refractivity contribution in [3.63, 3.8) is 0 Å². The number of hydrogen-bond acceptors (Lipinski definition) is 6. The number of amides is 1. The first-order chi connectivity index (χ1) is 16.9. The van der Waals surface area contributed by atoms with Crippen molar-refractivity contribution in [3.05, 3.63) is 65.2 Å². The van der Waals surface area contributed by atoms with Crippen LogP contribution in [-0.4, -0.2) is 74.7 Å². The lowest BCUT2D eigenvalue weighted by molar-refractivity contribution is -0.126. The number of rotatable bonds is 7. The van der Waals surface area contributed by atoms with Gasteiger partial charge in [0.05, 0.1) is 10.5 Å². The van der Waals surface area contributed by atoms with Crippen molar-refractivity contribution < 1.29 is 13.2 Å². The summed E-state index contributed by atoms with van der Waals surface area (Å²) in [7, 11) is -1.61. The predicted molar refractivity (Wildman–Crippen MR) is 134 cm³/mol. The summed E-state index contributed by atoms with van der Waals surface area (Å²) in [5, 5.41) is 12.3. The molecule has 2 fully saturated rings. The second-order valence-corrected chi connectivity index (χ2v) is 11.3. The van der Waals surface area contributed by atoms with Crippen LogP contribution >= 0.6 is 0 Å². The Labute approximate surface area is 208 Å². The lowest BCUT2D eigenvalue weighted by Gasteiger charge is -2.32. The summed E-state index contributed by atoms with van der Waals surface area (Å²) >= 11 is 0. The van der Waals surface area contributed by atoms with Crippen LogP contribution in [0.1, 0.15) is 29.5 Å². The molecule has 186 valence electrons. The van der Waals surface area contributed by atoms with E-state index >= 15 is 0 Å². The fourth-order valence-electron chi connectivity index (χ4n) is 4.72. The molecule has 0 spiro atoms. The molecular weight excluding hydrogens is 462 g/mol. The van der Waals surface area contributed by atoms with Crippen LogP contribution in [0.3, 0.4) is 0 Å². The molecule has 1 amide bonds. The minimum atomic E-state index is -3.76. The Bertz CT molecular complexity index is 1180. The SMILES string of the molecule is CN1CCN(Cc2cccc(CNC(=O)C3CCN(S(=O)(=O)c4ccccc4C#N)CC3)c2)CC1. The van der Waals surface area contributed by atoms with Crippen molar-refractivity contribution in [2.75, 3.05) is 46.3 Å². The highest BCUT2D eigenvalue weighted by molar-refractivity contribution is 7.89. The number of likely N-dealkylation sites (N-methyl/N-ethyl adjacent to an activating group) is 1. The number of piperazine rings is 1. The zero-order valence-corrected chi connectivity index (χ0v) is 21.0. The minimum Gasteiger partial charge on any atom is -0.352 e. The molecule has 0 saturated carbocycles. The third-order valence-corrected chi connectivity index (χ3v) is 8.87. The van der Waals surface area contributed by atoms with Crippen molar-refractivity contribution in [3.8, 4) is 6.07 Å². The fraction of sp³-hybridized carbons (Fsp3) is 0.462. The lowest BCUT2D eigenvalue weighted by atomic mass is 9.97. The van der Waals surface area contributed by atoms with Gasteiger partial charge in [0.25, 0.3) is 0 Å². The number of sulfonamides is 1. The van der Waals surface area contributed by atoms with E-state index in [1.165, 1.54) is 22.0 Å². The Morgan fingerprint density at radius 1 is 1.00 bits per heavy atom. The number of nitriles is 1. The first-order valence-electron chi connectivity index (χ1n) is 12.1. The van der Waals surface area contributed by atoms with Crippen LogP contribution in [0.15, 0.2) is 53.4 Å². The van der Waals surface area contributed by atoms with E-state index in [9.17, 15) is 18.5 Å². The lowest BCUT2D eigenvalue weighted by Crippen LogP contribution is -2.43. The van der Waals surface area contributed by atoms with Gasteiger partial charge in [-0.15, -0.1) is 0 Å². The van der Waals surface area contributed by atoms with Crippen molar-refractivity contribution in [2.24, 2.45) is 5.92 Å². The van der Waals surface area contributed by atoms with E-state index in [2.05, 4.69) is 34.3 Å². The van der Waals surface area contributed by atoms with Gasteiger partial charge in [-0.1, -0.05) is 36.4 Å². The van der Waals surface area contributed by atoms with Gasteiger partial charge in [-0.05, 0) is 43.1 Å². The van der Waals surface area contributed by atoms with Gasteiger partial charge in [-0.25, -0.2) is 8.42 Å². The second kappa shape index (κ2) is 11.3. The first kappa shape index (κ1) is 25.3. The quantitative estimate of drug-likeness (QED) is 0.631. The van der Waals surface area contributed by atoms with Crippen LogP contribution in [0.4, 0.5) is 0 Å². The molecule has 0 atom stereocenters. The monoisotopic (exact) mass is 495 g/mol. The van der Waals surface area contributed by atoms with Gasteiger partial charge in [0.1, 0.15) is 6.07 Å². The molecule has 0 aromatic heterocycles. The Kier molecular flexibility index (Phi) is 8.19. The van der Waals surface area contributed by atoms with Crippen LogP contribution < -0.4 is 5.32 Å². The number of piperidine rings is 1. The number of hydrogen-bond donors (Lipinski definition) is 1. The zero-order chi connectivity index (χ0) is 24.8. The number of benzene rings is 2. The summed E-state index contributed by atoms with van der Waals surface area (Å²) in [4.78, 5) is 17.6. The Hall–Kier alpha value is -2.77. The van der Waals surface area contributed by atoms with Crippen LogP contribution in [-0.2, 0) is 27.9 Å². The molecule has 4 rings (SSSR count). The maximum Gasteiger partial charge on any atom is 0.244 e. The maximum absolute atomic E-state index is 13.0. The topological polar surface area (TPSA) is 96.8 Å². The molecule has 1 N–H and O–H groups in total. The van der Waals surface area contributed by atoms with Crippen LogP contribution in [0.25, 0.3) is 0 Å². The standard InChI is InChI=1S/C26H33N5O3S/c1-29-13-15-30(16-14-29)20-22-6-4-5-21(17-22)19-28-26(32)23-9-11-31(12-10-23)35(33,34)25-8-3-2-7-24(25)18-27/h2-8,17,23H,9-16,19-20H2,1H3,(H,28,32). The normalized spacial score (nSPS) is 18.7. The molecule has 9 heteroatoms. The van der Waals surface area contributed by atoms with E-state index < -0.39 is 10.0 Å². The molecule has 0 aliphatic carbocycles. The molecule has 2 aliphatic rings. The Morgan fingerprint density at radius 3 is 2.40 bits per heavy atom. The van der Waals surface area contributed by atoms with E-state index in [1.807, 2.05) is 18.2 Å². The van der Waals surface area contributed by atoms with Crippen molar-refractivity contribution in [1.82, 2.24) is 19.4 Å². The van der Waals surface area contributed by atoms with Gasteiger partial charge in [-0.3, -0.25) is 9.69 Å². The molecule has 0 bridgehead atoms. The van der Waals surface area contributed by atoms with E-state index in [4.69, 9.17) is 0 Å². The summed E-state index contributed by atoms with van der Waals surface area (Å²) in [6.07, 6.45) is 0.923. The Morgan fingerprint density at radius 2 is 1.69 bits per heavy atom. The van der Waals surface area contributed by atoms with Crippen molar-refractivity contribution >= 4 is 15.9 Å². The smallest absolute Gasteiger partial charge is 0.244 e. The highest BCUT2D eigenvalue weighted by Crippen LogP contribution is 2.26. The van der Waals surface area contributed by atoms with Gasteiger partial charge in [0, 0.05) is 58.3 Å². The number of nitrogens with one attached hydrogen (secondary N) is 1. The number of carbonyl (C=O) groups excluding carboxylic acids is 1. The van der Waals surface area contributed by atoms with Crippen molar-refractivity contribution in [2.45, 2.75) is 30.8 Å². The largest absolute Gasteiger partial charge is 0.352 e. The van der Waals surface area contributed by atoms with Crippen LogP contribution in [0.2, 0.25) is 0 Å². The van der Waals surface area contributed by atoms with Gasteiger partial charge in [0.15, 0.2) is 0 Å². The fourth-order valence-corrected chi connectivity index (χ4v) is 6.33. The maximum atomic E-state index is 13.0. The summed E-state index contributed by atoms with van der Waals surface area (Å²) in [6, 6.07) is 16.5. The average molecular weight is 496 g/mol. The summed E-state index contributed by atoms with van der Waals surface area (Å²) in [6.45, 7) is 6.20. The summed E-state index contributed by atoms with van der Waals surface area (Å²) in [5.41, 5.74) is 2.46. The highest BCUT2D eigenvalue weighted by Gasteiger charge is 2.33. The molecule has 0 unspecified atom stereocenters. The van der Waals surface area contributed by atoms with Gasteiger partial charge in [0.2, 0.25) is 15.9 Å². The summed E-state index contributed by atoms with van der Waals surface area (Å²) < 4.78 is 27.4. The molecule has 2 aliphatic heterocycles. The number of carbonyl (C=O) groups is 1. The first-order valence-corrected chi connectivity index (χ1v) is 13.6. The van der Waals surface area contributed by atoms with Crippen LogP contribution in [0.5, 0.6) is 0 Å². The minimum absolute atomic E-state index is 0.0295. The highest BCUT2D eigenvalue weighted by atomic mass is 32.2. The van der Waals surface area contributed by atoms with Crippen LogP contribution in [0, 0.1) is 17.2 Å². The van der Waals surface area contributed by atoms with Gasteiger partial charge in [-0.2, -0.15) is 9.57 Å². The average Bonchev–Trinajstić information content (AvgIpc) is 2.89. The third-order valence-electron chi connectivity index (χ3n) is 6.91. The van der Waals surface area contributed by atoms with E-state index in [1.54, 1.807) is 12.1 Å².